The molecular formula is C11H21N. The van der Waals surface area contributed by atoms with Gasteiger partial charge in [0.25, 0.3) is 0 Å². The Kier molecular flexibility index (Phi) is 7.87. The molecule has 0 amide bonds. The van der Waals surface area contributed by atoms with Crippen LogP contribution in [0.1, 0.15) is 39.5 Å². The smallest absolute Gasteiger partial charge is 0.00364 e. The van der Waals surface area contributed by atoms with Crippen molar-refractivity contribution in [3.63, 3.8) is 0 Å². The molecule has 0 saturated heterocycles. The minimum atomic E-state index is 0.551. The molecule has 0 bridgehead atoms. The number of allylic oxidation sites excluding steroid dienone is 3. The molecular weight excluding hydrogens is 146 g/mol. The molecule has 1 heteroatoms. The normalized spacial score (nSPS) is 14.5. The van der Waals surface area contributed by atoms with Crippen molar-refractivity contribution < 1.29 is 0 Å². The van der Waals surface area contributed by atoms with Gasteiger partial charge in [-0.3, -0.25) is 0 Å². The van der Waals surface area contributed by atoms with E-state index in [0.29, 0.717) is 5.92 Å². The molecule has 0 aromatic heterocycles. The fourth-order valence-corrected chi connectivity index (χ4v) is 1.15. The number of unbranched alkanes of at least 4 members (excludes halogenated alkanes) is 1. The molecule has 0 aromatic carbocycles. The summed E-state index contributed by atoms with van der Waals surface area (Å²) in [5.41, 5.74) is 5.36. The van der Waals surface area contributed by atoms with E-state index in [1.54, 1.807) is 6.20 Å². The SMILES string of the molecule is CC/C=C\[C@H](/C=C/N)CCCC. The third-order valence-electron chi connectivity index (χ3n) is 1.87. The summed E-state index contributed by atoms with van der Waals surface area (Å²) in [6.45, 7) is 4.37. The lowest BCUT2D eigenvalue weighted by atomic mass is 10.0. The van der Waals surface area contributed by atoms with Gasteiger partial charge in [0.1, 0.15) is 0 Å². The minimum absolute atomic E-state index is 0.551. The molecule has 0 aromatic rings. The van der Waals surface area contributed by atoms with Crippen LogP contribution in [-0.2, 0) is 0 Å². The molecule has 0 unspecified atom stereocenters. The van der Waals surface area contributed by atoms with Crippen LogP contribution in [0.25, 0.3) is 0 Å². The molecule has 0 spiro atoms. The molecule has 0 radical (unpaired) electrons. The first kappa shape index (κ1) is 11.3. The minimum Gasteiger partial charge on any atom is -0.405 e. The summed E-state index contributed by atoms with van der Waals surface area (Å²) >= 11 is 0. The van der Waals surface area contributed by atoms with Crippen molar-refractivity contribution in [3.05, 3.63) is 24.4 Å². The second-order valence-electron chi connectivity index (χ2n) is 3.03. The van der Waals surface area contributed by atoms with Crippen LogP contribution in [0.2, 0.25) is 0 Å². The van der Waals surface area contributed by atoms with Gasteiger partial charge in [0.2, 0.25) is 0 Å². The van der Waals surface area contributed by atoms with Gasteiger partial charge in [0.15, 0.2) is 0 Å². The van der Waals surface area contributed by atoms with Crippen molar-refractivity contribution in [2.24, 2.45) is 11.7 Å². The third kappa shape index (κ3) is 6.02. The van der Waals surface area contributed by atoms with Crippen molar-refractivity contribution in [1.82, 2.24) is 0 Å². The van der Waals surface area contributed by atoms with Gasteiger partial charge in [0.05, 0.1) is 0 Å². The fraction of sp³-hybridized carbons (Fsp3) is 0.636. The zero-order valence-corrected chi connectivity index (χ0v) is 8.29. The van der Waals surface area contributed by atoms with Gasteiger partial charge < -0.3 is 5.73 Å². The van der Waals surface area contributed by atoms with E-state index in [2.05, 4.69) is 32.1 Å². The molecule has 0 aliphatic rings. The van der Waals surface area contributed by atoms with Crippen LogP contribution in [0.15, 0.2) is 24.4 Å². The van der Waals surface area contributed by atoms with Gasteiger partial charge >= 0.3 is 0 Å². The van der Waals surface area contributed by atoms with Gasteiger partial charge in [-0.1, -0.05) is 44.9 Å². The Morgan fingerprint density at radius 1 is 1.25 bits per heavy atom. The van der Waals surface area contributed by atoms with E-state index in [1.165, 1.54) is 19.3 Å². The molecule has 0 rings (SSSR count). The van der Waals surface area contributed by atoms with Crippen LogP contribution in [-0.4, -0.2) is 0 Å². The van der Waals surface area contributed by atoms with Crippen molar-refractivity contribution in [2.45, 2.75) is 39.5 Å². The summed E-state index contributed by atoms with van der Waals surface area (Å²) in [5.74, 6) is 0.551. The lowest BCUT2D eigenvalue weighted by Crippen LogP contribution is -1.93. The lowest BCUT2D eigenvalue weighted by Gasteiger charge is -2.05. The number of hydrogen-bond acceptors (Lipinski definition) is 1. The number of rotatable bonds is 6. The maximum absolute atomic E-state index is 5.36. The highest BCUT2D eigenvalue weighted by atomic mass is 14.5. The summed E-state index contributed by atoms with van der Waals surface area (Å²) in [6.07, 6.45) is 13.1. The second kappa shape index (κ2) is 8.38. The lowest BCUT2D eigenvalue weighted by molar-refractivity contribution is 0.640. The second-order valence-corrected chi connectivity index (χ2v) is 3.03. The first-order valence-corrected chi connectivity index (χ1v) is 4.90. The summed E-state index contributed by atoms with van der Waals surface area (Å²) in [7, 11) is 0. The molecule has 0 saturated carbocycles. The summed E-state index contributed by atoms with van der Waals surface area (Å²) in [4.78, 5) is 0. The van der Waals surface area contributed by atoms with E-state index in [0.717, 1.165) is 6.42 Å². The predicted molar refractivity (Wildman–Crippen MR) is 55.8 cm³/mol. The Morgan fingerprint density at radius 2 is 2.00 bits per heavy atom. The van der Waals surface area contributed by atoms with Crippen LogP contribution in [0.3, 0.4) is 0 Å². The Bertz CT molecular complexity index is 136. The third-order valence-corrected chi connectivity index (χ3v) is 1.87. The van der Waals surface area contributed by atoms with Gasteiger partial charge in [-0.05, 0) is 25.0 Å². The molecule has 0 fully saturated rings. The van der Waals surface area contributed by atoms with E-state index in [-0.39, 0.29) is 0 Å². The van der Waals surface area contributed by atoms with Crippen molar-refractivity contribution in [1.29, 1.82) is 0 Å². The molecule has 12 heavy (non-hydrogen) atoms. The maximum Gasteiger partial charge on any atom is -0.00364 e. The topological polar surface area (TPSA) is 26.0 Å². The predicted octanol–water partition coefficient (Wildman–Crippen LogP) is 3.23. The summed E-state index contributed by atoms with van der Waals surface area (Å²) < 4.78 is 0. The highest BCUT2D eigenvalue weighted by Gasteiger charge is 1.97. The van der Waals surface area contributed by atoms with E-state index in [4.69, 9.17) is 5.73 Å². The Hall–Kier alpha value is -0.720. The zero-order chi connectivity index (χ0) is 9.23. The number of nitrogens with two attached hydrogens (primary N) is 1. The van der Waals surface area contributed by atoms with Crippen molar-refractivity contribution in [2.75, 3.05) is 0 Å². The van der Waals surface area contributed by atoms with E-state index < -0.39 is 0 Å². The summed E-state index contributed by atoms with van der Waals surface area (Å²) in [5, 5.41) is 0. The van der Waals surface area contributed by atoms with Gasteiger partial charge in [-0.2, -0.15) is 0 Å². The Balaban J connectivity index is 3.77. The van der Waals surface area contributed by atoms with Crippen LogP contribution in [0, 0.1) is 5.92 Å². The molecule has 1 nitrogen and oxygen atoms in total. The zero-order valence-electron chi connectivity index (χ0n) is 8.29. The molecule has 1 atom stereocenters. The first-order valence-electron chi connectivity index (χ1n) is 4.90. The fourth-order valence-electron chi connectivity index (χ4n) is 1.15. The van der Waals surface area contributed by atoms with Gasteiger partial charge in [-0.25, -0.2) is 0 Å². The van der Waals surface area contributed by atoms with Crippen LogP contribution < -0.4 is 5.73 Å². The number of hydrogen-bond donors (Lipinski definition) is 1. The van der Waals surface area contributed by atoms with Crippen LogP contribution >= 0.6 is 0 Å². The van der Waals surface area contributed by atoms with E-state index >= 15 is 0 Å². The molecule has 0 aliphatic heterocycles. The largest absolute Gasteiger partial charge is 0.405 e. The van der Waals surface area contributed by atoms with Crippen LogP contribution in [0.4, 0.5) is 0 Å². The summed E-state index contributed by atoms with van der Waals surface area (Å²) in [6, 6.07) is 0. The quantitative estimate of drug-likeness (QED) is 0.604. The molecule has 2 N–H and O–H groups in total. The van der Waals surface area contributed by atoms with Crippen LogP contribution in [0.5, 0.6) is 0 Å². The molecule has 0 aliphatic carbocycles. The Morgan fingerprint density at radius 3 is 2.50 bits per heavy atom. The first-order chi connectivity index (χ1) is 5.85. The molecule has 0 heterocycles. The standard InChI is InChI=1S/C11H21N/c1-3-5-7-11(9-10-12)8-6-4-2/h5,7,9-11H,3-4,6,8,12H2,1-2H3/b7-5-,10-9+/t11-/m0/s1. The highest BCUT2D eigenvalue weighted by molar-refractivity contribution is 4.98. The average molecular weight is 167 g/mol. The average Bonchev–Trinajstić information content (AvgIpc) is 2.10. The monoisotopic (exact) mass is 167 g/mol. The van der Waals surface area contributed by atoms with Gasteiger partial charge in [-0.15, -0.1) is 0 Å². The Labute approximate surface area is 76.3 Å². The van der Waals surface area contributed by atoms with Crippen molar-refractivity contribution >= 4 is 0 Å². The van der Waals surface area contributed by atoms with E-state index in [9.17, 15) is 0 Å². The van der Waals surface area contributed by atoms with E-state index in [1.807, 2.05) is 0 Å². The highest BCUT2D eigenvalue weighted by Crippen LogP contribution is 2.11. The van der Waals surface area contributed by atoms with Gasteiger partial charge in [0, 0.05) is 0 Å². The maximum atomic E-state index is 5.36. The van der Waals surface area contributed by atoms with Crippen molar-refractivity contribution in [3.8, 4) is 0 Å². The molecule has 70 valence electrons.